The number of benzene rings is 2. The van der Waals surface area contributed by atoms with E-state index in [9.17, 15) is 9.18 Å². The zero-order valence-electron chi connectivity index (χ0n) is 17.1. The minimum Gasteiger partial charge on any atom is -0.486 e. The second-order valence-corrected chi connectivity index (χ2v) is 8.59. The number of hydrogen-bond acceptors (Lipinski definition) is 4. The van der Waals surface area contributed by atoms with Crippen molar-refractivity contribution in [3.63, 3.8) is 0 Å². The highest BCUT2D eigenvalue weighted by atomic mass is 19.1. The first-order chi connectivity index (χ1) is 14.6. The summed E-state index contributed by atoms with van der Waals surface area (Å²) in [6, 6.07) is 14.6. The van der Waals surface area contributed by atoms with Crippen LogP contribution in [0, 0.1) is 5.92 Å². The van der Waals surface area contributed by atoms with E-state index in [0.717, 1.165) is 35.8 Å². The Morgan fingerprint density at radius 3 is 2.47 bits per heavy atom. The van der Waals surface area contributed by atoms with E-state index in [1.54, 1.807) is 0 Å². The lowest BCUT2D eigenvalue weighted by Gasteiger charge is -2.41. The van der Waals surface area contributed by atoms with Crippen molar-refractivity contribution in [3.05, 3.63) is 53.6 Å². The molecule has 2 aliphatic heterocycles. The number of carbonyl (C=O) groups is 1. The van der Waals surface area contributed by atoms with Crippen molar-refractivity contribution >= 4 is 11.6 Å². The summed E-state index contributed by atoms with van der Waals surface area (Å²) < 4.78 is 24.2. The molecule has 5 nitrogen and oxygen atoms in total. The largest absolute Gasteiger partial charge is 0.486 e. The van der Waals surface area contributed by atoms with Crippen LogP contribution in [0.1, 0.15) is 42.9 Å². The Kier molecular flexibility index (Phi) is 5.01. The number of nitrogens with one attached hydrogen (secondary N) is 1. The van der Waals surface area contributed by atoms with Crippen LogP contribution in [0.3, 0.4) is 0 Å². The van der Waals surface area contributed by atoms with Gasteiger partial charge in [0, 0.05) is 36.7 Å². The second kappa shape index (κ2) is 7.82. The third kappa shape index (κ3) is 3.71. The maximum atomic E-state index is 13.0. The maximum Gasteiger partial charge on any atom is 0.223 e. The van der Waals surface area contributed by atoms with Crippen LogP contribution >= 0.6 is 0 Å². The molecule has 6 heteroatoms. The lowest BCUT2D eigenvalue weighted by Crippen LogP contribution is -2.45. The molecule has 30 heavy (non-hydrogen) atoms. The highest BCUT2D eigenvalue weighted by Crippen LogP contribution is 2.38. The SMILES string of the molecule is C[C@H](NC(=O)C1CC(F)C1)c1ccc(C2CN(c3ccc4c(c3)OCCO4)C2)cc1. The third-order valence-corrected chi connectivity index (χ3v) is 6.49. The molecule has 2 heterocycles. The highest BCUT2D eigenvalue weighted by Gasteiger charge is 2.35. The van der Waals surface area contributed by atoms with E-state index in [-0.39, 0.29) is 17.9 Å². The molecule has 2 aromatic rings. The van der Waals surface area contributed by atoms with Crippen LogP contribution < -0.4 is 19.7 Å². The van der Waals surface area contributed by atoms with Gasteiger partial charge in [-0.25, -0.2) is 4.39 Å². The van der Waals surface area contributed by atoms with Gasteiger partial charge in [-0.3, -0.25) is 4.79 Å². The number of rotatable bonds is 5. The van der Waals surface area contributed by atoms with Crippen molar-refractivity contribution in [2.75, 3.05) is 31.2 Å². The average Bonchev–Trinajstić information content (AvgIpc) is 2.70. The van der Waals surface area contributed by atoms with Crippen molar-refractivity contribution in [2.24, 2.45) is 5.92 Å². The molecule has 158 valence electrons. The number of ether oxygens (including phenoxy) is 2. The quantitative estimate of drug-likeness (QED) is 0.810. The summed E-state index contributed by atoms with van der Waals surface area (Å²) in [5, 5.41) is 3.01. The predicted octanol–water partition coefficient (Wildman–Crippen LogP) is 3.99. The fourth-order valence-electron chi connectivity index (χ4n) is 4.36. The summed E-state index contributed by atoms with van der Waals surface area (Å²) in [6.07, 6.45) is -0.0857. The summed E-state index contributed by atoms with van der Waals surface area (Å²) in [5.41, 5.74) is 3.55. The molecule has 1 atom stereocenters. The molecule has 1 aliphatic carbocycles. The molecule has 1 saturated carbocycles. The van der Waals surface area contributed by atoms with E-state index in [1.165, 1.54) is 5.56 Å². The second-order valence-electron chi connectivity index (χ2n) is 8.59. The molecule has 0 aromatic heterocycles. The van der Waals surface area contributed by atoms with Gasteiger partial charge in [-0.2, -0.15) is 0 Å². The Bertz CT molecular complexity index is 921. The molecule has 1 saturated heterocycles. The number of fused-ring (bicyclic) bond motifs is 1. The minimum atomic E-state index is -0.806. The van der Waals surface area contributed by atoms with Gasteiger partial charge >= 0.3 is 0 Å². The zero-order chi connectivity index (χ0) is 20.7. The predicted molar refractivity (Wildman–Crippen MR) is 113 cm³/mol. The molecule has 1 amide bonds. The van der Waals surface area contributed by atoms with Crippen LogP contribution in [0.25, 0.3) is 0 Å². The molecule has 2 fully saturated rings. The lowest BCUT2D eigenvalue weighted by atomic mass is 9.82. The Morgan fingerprint density at radius 1 is 1.07 bits per heavy atom. The van der Waals surface area contributed by atoms with Crippen molar-refractivity contribution in [1.29, 1.82) is 0 Å². The topological polar surface area (TPSA) is 50.8 Å². The van der Waals surface area contributed by atoms with E-state index in [2.05, 4.69) is 46.6 Å². The van der Waals surface area contributed by atoms with Gasteiger partial charge in [-0.15, -0.1) is 0 Å². The molecule has 0 bridgehead atoms. The fraction of sp³-hybridized carbons (Fsp3) is 0.458. The Labute approximate surface area is 176 Å². The Balaban J connectivity index is 1.16. The molecule has 0 spiro atoms. The van der Waals surface area contributed by atoms with Gasteiger partial charge in [0.2, 0.25) is 5.91 Å². The van der Waals surface area contributed by atoms with Gasteiger partial charge in [-0.05, 0) is 43.0 Å². The number of carbonyl (C=O) groups excluding carboxylic acids is 1. The number of amides is 1. The fourth-order valence-corrected chi connectivity index (χ4v) is 4.36. The van der Waals surface area contributed by atoms with Gasteiger partial charge < -0.3 is 19.7 Å². The van der Waals surface area contributed by atoms with Crippen LogP contribution in [-0.2, 0) is 4.79 Å². The molecule has 0 unspecified atom stereocenters. The third-order valence-electron chi connectivity index (χ3n) is 6.49. The minimum absolute atomic E-state index is 0.0328. The first kappa shape index (κ1) is 19.2. The van der Waals surface area contributed by atoms with Gasteiger partial charge in [0.15, 0.2) is 11.5 Å². The van der Waals surface area contributed by atoms with Crippen LogP contribution in [0.15, 0.2) is 42.5 Å². The summed E-state index contributed by atoms with van der Waals surface area (Å²) >= 11 is 0. The van der Waals surface area contributed by atoms with Gasteiger partial charge in [0.25, 0.3) is 0 Å². The normalized spacial score (nSPS) is 23.9. The zero-order valence-corrected chi connectivity index (χ0v) is 17.1. The van der Waals surface area contributed by atoms with Gasteiger partial charge in [-0.1, -0.05) is 24.3 Å². The Hall–Kier alpha value is -2.76. The molecule has 5 rings (SSSR count). The monoisotopic (exact) mass is 410 g/mol. The van der Waals surface area contributed by atoms with E-state index >= 15 is 0 Å². The highest BCUT2D eigenvalue weighted by molar-refractivity contribution is 5.80. The van der Waals surface area contributed by atoms with Crippen LogP contribution in [0.5, 0.6) is 11.5 Å². The lowest BCUT2D eigenvalue weighted by molar-refractivity contribution is -0.130. The molecule has 0 radical (unpaired) electrons. The van der Waals surface area contributed by atoms with Gasteiger partial charge in [0.1, 0.15) is 19.4 Å². The van der Waals surface area contributed by atoms with E-state index in [1.807, 2.05) is 13.0 Å². The Morgan fingerprint density at radius 2 is 1.77 bits per heavy atom. The van der Waals surface area contributed by atoms with Crippen molar-refractivity contribution in [1.82, 2.24) is 5.32 Å². The van der Waals surface area contributed by atoms with Crippen LogP contribution in [0.2, 0.25) is 0 Å². The van der Waals surface area contributed by atoms with E-state index in [0.29, 0.717) is 32.0 Å². The maximum absolute atomic E-state index is 13.0. The summed E-state index contributed by atoms with van der Waals surface area (Å²) in [5.74, 6) is 1.94. The van der Waals surface area contributed by atoms with Crippen LogP contribution in [-0.4, -0.2) is 38.4 Å². The number of alkyl halides is 1. The molecular formula is C24H27FN2O3. The van der Waals surface area contributed by atoms with Crippen LogP contribution in [0.4, 0.5) is 10.1 Å². The standard InChI is InChI=1S/C24H27FN2O3/c1-15(26-24(28)18-10-20(25)11-18)16-2-4-17(5-3-16)19-13-27(14-19)21-6-7-22-23(12-21)30-9-8-29-22/h2-7,12,15,18-20H,8-11,13-14H2,1H3,(H,26,28)/t15-,18?,20?/m0/s1. The first-order valence-corrected chi connectivity index (χ1v) is 10.8. The van der Waals surface area contributed by atoms with Gasteiger partial charge in [0.05, 0.1) is 6.04 Å². The number of anilines is 1. The molecule has 1 N–H and O–H groups in total. The smallest absolute Gasteiger partial charge is 0.223 e. The number of hydrogen-bond donors (Lipinski definition) is 1. The molecular weight excluding hydrogens is 383 g/mol. The molecule has 2 aromatic carbocycles. The van der Waals surface area contributed by atoms with E-state index < -0.39 is 6.17 Å². The summed E-state index contributed by atoms with van der Waals surface area (Å²) in [4.78, 5) is 14.5. The summed E-state index contributed by atoms with van der Waals surface area (Å²) in [7, 11) is 0. The van der Waals surface area contributed by atoms with Crippen molar-refractivity contribution < 1.29 is 18.7 Å². The molecule has 3 aliphatic rings. The van der Waals surface area contributed by atoms with Crippen molar-refractivity contribution in [3.8, 4) is 11.5 Å². The first-order valence-electron chi connectivity index (χ1n) is 10.8. The summed E-state index contributed by atoms with van der Waals surface area (Å²) in [6.45, 7) is 5.12. The number of halogens is 1. The van der Waals surface area contributed by atoms with Crippen molar-refractivity contribution in [2.45, 2.75) is 37.9 Å². The average molecular weight is 410 g/mol. The van der Waals surface area contributed by atoms with E-state index in [4.69, 9.17) is 9.47 Å². The number of nitrogens with zero attached hydrogens (tertiary/aromatic N) is 1.